The van der Waals surface area contributed by atoms with Crippen molar-refractivity contribution in [2.45, 2.75) is 31.5 Å². The Balaban J connectivity index is 1.41. The van der Waals surface area contributed by atoms with E-state index >= 15 is 0 Å². The van der Waals surface area contributed by atoms with Gasteiger partial charge in [-0.25, -0.2) is 14.3 Å². The predicted octanol–water partition coefficient (Wildman–Crippen LogP) is 6.15. The molecule has 2 unspecified atom stereocenters. The van der Waals surface area contributed by atoms with Gasteiger partial charge in [0.1, 0.15) is 18.5 Å². The van der Waals surface area contributed by atoms with Crippen molar-refractivity contribution in [2.24, 2.45) is 5.92 Å². The molecule has 1 amide bonds. The Bertz CT molecular complexity index is 1390. The molecule has 1 aliphatic heterocycles. The van der Waals surface area contributed by atoms with E-state index < -0.39 is 13.7 Å². The first-order valence-electron chi connectivity index (χ1n) is 12.9. The fourth-order valence-electron chi connectivity index (χ4n) is 4.08. The Kier molecular flexibility index (Phi) is 10.9. The number of pyridine rings is 1. The van der Waals surface area contributed by atoms with Gasteiger partial charge < -0.3 is 29.7 Å². The van der Waals surface area contributed by atoms with Crippen molar-refractivity contribution in [1.29, 1.82) is 0 Å². The minimum Gasteiger partial charge on any atom is -0.445 e. The van der Waals surface area contributed by atoms with Crippen LogP contribution in [0.5, 0.6) is 5.75 Å². The molecule has 4 rings (SSSR count). The summed E-state index contributed by atoms with van der Waals surface area (Å²) in [5, 5.41) is 8.12. The quantitative estimate of drug-likeness (QED) is 0.203. The maximum absolute atomic E-state index is 12.5. The second-order valence-corrected chi connectivity index (χ2v) is 13.4. The van der Waals surface area contributed by atoms with Crippen LogP contribution in [0.3, 0.4) is 0 Å². The lowest BCUT2D eigenvalue weighted by molar-refractivity contribution is -0.378. The van der Waals surface area contributed by atoms with Gasteiger partial charge in [0.2, 0.25) is 0 Å². The van der Waals surface area contributed by atoms with E-state index in [1.54, 1.807) is 36.4 Å². The second-order valence-electron chi connectivity index (χ2n) is 9.57. The second kappa shape index (κ2) is 14.3. The summed E-state index contributed by atoms with van der Waals surface area (Å²) in [4.78, 5) is 28.7. The van der Waals surface area contributed by atoms with Gasteiger partial charge in [-0.05, 0) is 41.8 Å². The standard InChI is InChI=1S/C28H31Cl2N4O5PS/c1-19(2)26-27(41-24-15-21(29)14-22(30)16-24)34(17-20-8-10-31-11-9-20)25(33-26)18-38-28(35)32-12-13-40(36,37)39-23-6-4-3-5-7-23/h3-11,14-16,19,25,33H,12-13,17-18H2,1-2H3,(H,32,35)(H,36,37)/p+1. The summed E-state index contributed by atoms with van der Waals surface area (Å²) in [5.74, 6) is 0.438. The number of hydrogen-bond donors (Lipinski definition) is 3. The molecule has 3 aromatic rings. The SMILES string of the molecule is CC(C)C1=C(Sc2cc(Cl)cc(Cl)c2)N(Cc2cc[nH+]cc2)C(COC(=O)NCCP(=O)(O)Oc2ccccc2)N1. The number of hydrogen-bond acceptors (Lipinski definition) is 7. The van der Waals surface area contributed by atoms with Gasteiger partial charge in [-0.3, -0.25) is 0 Å². The van der Waals surface area contributed by atoms with Crippen molar-refractivity contribution in [2.75, 3.05) is 19.3 Å². The number of ether oxygens (including phenoxy) is 1. The Morgan fingerprint density at radius 3 is 2.49 bits per heavy atom. The monoisotopic (exact) mass is 637 g/mol. The number of aromatic amines is 1. The van der Waals surface area contributed by atoms with Crippen LogP contribution < -0.4 is 20.1 Å². The molecule has 0 aliphatic carbocycles. The molecule has 1 aliphatic rings. The molecule has 13 heteroatoms. The molecular formula is C28H32Cl2N4O5PS+. The lowest BCUT2D eigenvalue weighted by Crippen LogP contribution is -2.42. The summed E-state index contributed by atoms with van der Waals surface area (Å²) in [7, 11) is -3.95. The molecule has 41 heavy (non-hydrogen) atoms. The van der Waals surface area contributed by atoms with Crippen molar-refractivity contribution in [3.63, 3.8) is 0 Å². The number of H-pyrrole nitrogens is 1. The van der Waals surface area contributed by atoms with E-state index in [9.17, 15) is 14.3 Å². The van der Waals surface area contributed by atoms with E-state index in [-0.39, 0.29) is 37.1 Å². The minimum atomic E-state index is -3.95. The van der Waals surface area contributed by atoms with Gasteiger partial charge in [-0.2, -0.15) is 0 Å². The van der Waals surface area contributed by atoms with Gasteiger partial charge in [0, 0.05) is 45.9 Å². The van der Waals surface area contributed by atoms with Crippen LogP contribution >= 0.6 is 42.6 Å². The first kappa shape index (κ1) is 31.1. The number of aromatic nitrogens is 1. The maximum Gasteiger partial charge on any atom is 0.407 e. The average Bonchev–Trinajstić information content (AvgIpc) is 3.24. The van der Waals surface area contributed by atoms with Crippen LogP contribution in [-0.2, 0) is 15.8 Å². The summed E-state index contributed by atoms with van der Waals surface area (Å²) in [6, 6.07) is 17.7. The minimum absolute atomic E-state index is 0.0265. The zero-order valence-electron chi connectivity index (χ0n) is 22.6. The number of rotatable bonds is 12. The largest absolute Gasteiger partial charge is 0.445 e. The lowest BCUT2D eigenvalue weighted by atomic mass is 10.1. The molecular weight excluding hydrogens is 606 g/mol. The average molecular weight is 639 g/mol. The van der Waals surface area contributed by atoms with E-state index in [0.717, 1.165) is 21.2 Å². The molecule has 9 nitrogen and oxygen atoms in total. The summed E-state index contributed by atoms with van der Waals surface area (Å²) < 4.78 is 23.1. The van der Waals surface area contributed by atoms with Crippen LogP contribution in [0.15, 0.2) is 88.7 Å². The number of amides is 1. The van der Waals surface area contributed by atoms with Crippen molar-refractivity contribution in [1.82, 2.24) is 15.5 Å². The Hall–Kier alpha value is -2.88. The number of thioether (sulfide) groups is 1. The number of benzene rings is 2. The molecule has 2 heterocycles. The summed E-state index contributed by atoms with van der Waals surface area (Å²) in [6.45, 7) is 4.66. The van der Waals surface area contributed by atoms with Crippen LogP contribution in [0.4, 0.5) is 4.79 Å². The molecule has 0 radical (unpaired) electrons. The highest BCUT2D eigenvalue weighted by Gasteiger charge is 2.34. The summed E-state index contributed by atoms with van der Waals surface area (Å²) in [5.41, 5.74) is 2.06. The predicted molar refractivity (Wildman–Crippen MR) is 161 cm³/mol. The molecule has 0 spiro atoms. The maximum atomic E-state index is 12.5. The van der Waals surface area contributed by atoms with E-state index in [4.69, 9.17) is 32.5 Å². The normalized spacial score (nSPS) is 16.3. The van der Waals surface area contributed by atoms with E-state index in [2.05, 4.69) is 34.4 Å². The number of alkyl carbamates (subject to hydrolysis) is 1. The highest BCUT2D eigenvalue weighted by Crippen LogP contribution is 2.42. The smallest absolute Gasteiger partial charge is 0.407 e. The van der Waals surface area contributed by atoms with Gasteiger partial charge in [-0.15, -0.1) is 0 Å². The molecule has 0 saturated heterocycles. The Morgan fingerprint density at radius 2 is 1.83 bits per heavy atom. The van der Waals surface area contributed by atoms with Crippen molar-refractivity contribution in [3.8, 4) is 5.75 Å². The third kappa shape index (κ3) is 9.31. The van der Waals surface area contributed by atoms with Crippen LogP contribution in [0.2, 0.25) is 10.0 Å². The first-order valence-corrected chi connectivity index (χ1v) is 16.3. The highest BCUT2D eigenvalue weighted by molar-refractivity contribution is 8.03. The number of allylic oxidation sites excluding steroid dienone is 1. The van der Waals surface area contributed by atoms with Crippen LogP contribution in [0, 0.1) is 5.92 Å². The van der Waals surface area contributed by atoms with Gasteiger partial charge >= 0.3 is 13.7 Å². The first-order chi connectivity index (χ1) is 19.6. The molecule has 1 aromatic heterocycles. The number of nitrogens with zero attached hydrogens (tertiary/aromatic N) is 1. The fraction of sp³-hybridized carbons (Fsp3) is 0.286. The Morgan fingerprint density at radius 1 is 1.15 bits per heavy atom. The fourth-order valence-corrected chi connectivity index (χ4v) is 6.98. The molecule has 0 saturated carbocycles. The topological polar surface area (TPSA) is 114 Å². The Labute approximate surface area is 253 Å². The highest BCUT2D eigenvalue weighted by atomic mass is 35.5. The van der Waals surface area contributed by atoms with Crippen molar-refractivity contribution < 1.29 is 28.5 Å². The zero-order valence-corrected chi connectivity index (χ0v) is 25.8. The van der Waals surface area contributed by atoms with Crippen molar-refractivity contribution in [3.05, 3.63) is 99.4 Å². The number of halogens is 2. The van der Waals surface area contributed by atoms with Crippen LogP contribution in [0.1, 0.15) is 19.4 Å². The number of para-hydroxylation sites is 1. The number of nitrogens with one attached hydrogen (secondary N) is 3. The third-order valence-corrected chi connectivity index (χ3v) is 8.83. The lowest BCUT2D eigenvalue weighted by Gasteiger charge is -2.28. The molecule has 2 aromatic carbocycles. The number of carbonyl (C=O) groups excluding carboxylic acids is 1. The van der Waals surface area contributed by atoms with E-state index in [1.807, 2.05) is 36.7 Å². The van der Waals surface area contributed by atoms with Gasteiger partial charge in [0.05, 0.1) is 11.2 Å². The van der Waals surface area contributed by atoms with Crippen LogP contribution in [0.25, 0.3) is 0 Å². The zero-order chi connectivity index (χ0) is 29.4. The van der Waals surface area contributed by atoms with Gasteiger partial charge in [0.15, 0.2) is 12.4 Å². The summed E-state index contributed by atoms with van der Waals surface area (Å²) >= 11 is 14.1. The van der Waals surface area contributed by atoms with Gasteiger partial charge in [0.25, 0.3) is 0 Å². The van der Waals surface area contributed by atoms with Gasteiger partial charge in [-0.1, -0.05) is 67.0 Å². The van der Waals surface area contributed by atoms with Crippen LogP contribution in [-0.4, -0.2) is 41.4 Å². The number of carbonyl (C=O) groups is 1. The molecule has 0 bridgehead atoms. The summed E-state index contributed by atoms with van der Waals surface area (Å²) in [6.07, 6.45) is 2.39. The van der Waals surface area contributed by atoms with E-state index in [0.29, 0.717) is 16.6 Å². The molecule has 2 atom stereocenters. The van der Waals surface area contributed by atoms with Crippen molar-refractivity contribution >= 4 is 48.7 Å². The molecule has 4 N–H and O–H groups in total. The van der Waals surface area contributed by atoms with E-state index in [1.165, 1.54) is 11.8 Å². The third-order valence-electron chi connectivity index (χ3n) is 5.99. The molecule has 0 fully saturated rings. The molecule has 218 valence electrons.